The van der Waals surface area contributed by atoms with E-state index in [-0.39, 0.29) is 22.7 Å². The Morgan fingerprint density at radius 2 is 1.97 bits per heavy atom. The van der Waals surface area contributed by atoms with Gasteiger partial charge in [-0.2, -0.15) is 4.98 Å². The minimum atomic E-state index is -0.479. The van der Waals surface area contributed by atoms with Crippen molar-refractivity contribution in [3.63, 3.8) is 0 Å². The third-order valence-corrected chi connectivity index (χ3v) is 4.80. The van der Waals surface area contributed by atoms with Crippen LogP contribution in [0.5, 0.6) is 0 Å². The first-order valence-corrected chi connectivity index (χ1v) is 9.51. The fourth-order valence-electron chi connectivity index (χ4n) is 2.98. The van der Waals surface area contributed by atoms with Crippen molar-refractivity contribution in [2.24, 2.45) is 5.92 Å². The van der Waals surface area contributed by atoms with Crippen molar-refractivity contribution in [3.8, 4) is 11.4 Å². The van der Waals surface area contributed by atoms with Gasteiger partial charge in [-0.15, -0.1) is 0 Å². The molecular formula is C21H18ClN5O2. The molecule has 0 aliphatic heterocycles. The molecule has 8 heteroatoms. The molecule has 4 aromatic rings. The van der Waals surface area contributed by atoms with E-state index in [4.69, 9.17) is 16.1 Å². The SMILES string of the molecule is CC(C)C(NC(=O)c1cc2ccccc2c(Cl)n1)c1nc(-c2cccnc2)no1. The lowest BCUT2D eigenvalue weighted by atomic mass is 10.0. The van der Waals surface area contributed by atoms with Gasteiger partial charge in [0, 0.05) is 23.3 Å². The predicted molar refractivity (Wildman–Crippen MR) is 109 cm³/mol. The molecule has 0 radical (unpaired) electrons. The van der Waals surface area contributed by atoms with Gasteiger partial charge >= 0.3 is 0 Å². The smallest absolute Gasteiger partial charge is 0.270 e. The highest BCUT2D eigenvalue weighted by molar-refractivity contribution is 6.34. The second kappa shape index (κ2) is 7.97. The van der Waals surface area contributed by atoms with E-state index in [9.17, 15) is 4.79 Å². The van der Waals surface area contributed by atoms with Gasteiger partial charge in [0.2, 0.25) is 11.7 Å². The topological polar surface area (TPSA) is 93.8 Å². The van der Waals surface area contributed by atoms with E-state index >= 15 is 0 Å². The minimum Gasteiger partial charge on any atom is -0.339 e. The van der Waals surface area contributed by atoms with E-state index < -0.39 is 6.04 Å². The molecule has 0 saturated heterocycles. The van der Waals surface area contributed by atoms with Gasteiger partial charge in [0.05, 0.1) is 0 Å². The number of carbonyl (C=O) groups is 1. The van der Waals surface area contributed by atoms with Crippen LogP contribution in [0, 0.1) is 5.92 Å². The molecule has 146 valence electrons. The molecule has 3 heterocycles. The lowest BCUT2D eigenvalue weighted by Gasteiger charge is -2.18. The Hall–Kier alpha value is -3.32. The molecule has 4 rings (SSSR count). The van der Waals surface area contributed by atoms with Gasteiger partial charge in [0.25, 0.3) is 5.91 Å². The van der Waals surface area contributed by atoms with Gasteiger partial charge in [-0.1, -0.05) is 54.9 Å². The van der Waals surface area contributed by atoms with Crippen molar-refractivity contribution < 1.29 is 9.32 Å². The van der Waals surface area contributed by atoms with Crippen molar-refractivity contribution in [1.82, 2.24) is 25.4 Å². The Kier molecular flexibility index (Phi) is 5.22. The zero-order valence-electron chi connectivity index (χ0n) is 15.8. The average molecular weight is 408 g/mol. The van der Waals surface area contributed by atoms with Gasteiger partial charge in [-0.05, 0) is 29.5 Å². The fraction of sp³-hybridized carbons (Fsp3) is 0.190. The second-order valence-electron chi connectivity index (χ2n) is 6.91. The molecular weight excluding hydrogens is 390 g/mol. The zero-order chi connectivity index (χ0) is 20.4. The van der Waals surface area contributed by atoms with Crippen molar-refractivity contribution in [3.05, 3.63) is 71.6 Å². The fourth-order valence-corrected chi connectivity index (χ4v) is 3.24. The summed E-state index contributed by atoms with van der Waals surface area (Å²) in [6, 6.07) is 12.4. The second-order valence-corrected chi connectivity index (χ2v) is 7.27. The number of rotatable bonds is 5. The third-order valence-electron chi connectivity index (χ3n) is 4.51. The van der Waals surface area contributed by atoms with Gasteiger partial charge in [-0.3, -0.25) is 9.78 Å². The monoisotopic (exact) mass is 407 g/mol. The van der Waals surface area contributed by atoms with Crippen LogP contribution in [0.3, 0.4) is 0 Å². The van der Waals surface area contributed by atoms with Crippen molar-refractivity contribution in [2.75, 3.05) is 0 Å². The lowest BCUT2D eigenvalue weighted by molar-refractivity contribution is 0.0909. The number of hydrogen-bond acceptors (Lipinski definition) is 6. The molecule has 1 aromatic carbocycles. The standard InChI is InChI=1S/C21H18ClN5O2/c1-12(2)17(21-26-19(27-29-21)14-7-5-9-23-11-14)25-20(28)16-10-13-6-3-4-8-15(13)18(22)24-16/h3-12,17H,1-2H3,(H,25,28). The van der Waals surface area contributed by atoms with Gasteiger partial charge in [0.15, 0.2) is 0 Å². The predicted octanol–water partition coefficient (Wildman–Crippen LogP) is 4.46. The highest BCUT2D eigenvalue weighted by atomic mass is 35.5. The molecule has 0 spiro atoms. The quantitative estimate of drug-likeness (QED) is 0.491. The number of carbonyl (C=O) groups excluding carboxylic acids is 1. The maximum atomic E-state index is 12.9. The number of aromatic nitrogens is 4. The van der Waals surface area contributed by atoms with Crippen LogP contribution >= 0.6 is 11.6 Å². The van der Waals surface area contributed by atoms with Crippen molar-refractivity contribution in [2.45, 2.75) is 19.9 Å². The van der Waals surface area contributed by atoms with E-state index in [0.29, 0.717) is 11.7 Å². The van der Waals surface area contributed by atoms with Crippen molar-refractivity contribution in [1.29, 1.82) is 0 Å². The normalized spacial score (nSPS) is 12.3. The van der Waals surface area contributed by atoms with E-state index in [1.807, 2.05) is 44.2 Å². The maximum Gasteiger partial charge on any atom is 0.270 e. The van der Waals surface area contributed by atoms with Crippen LogP contribution in [0.25, 0.3) is 22.2 Å². The van der Waals surface area contributed by atoms with E-state index in [0.717, 1.165) is 16.3 Å². The van der Waals surface area contributed by atoms with E-state index in [1.165, 1.54) is 0 Å². The molecule has 0 aliphatic carbocycles. The largest absolute Gasteiger partial charge is 0.339 e. The Bertz CT molecular complexity index is 1160. The minimum absolute atomic E-state index is 0.0112. The summed E-state index contributed by atoms with van der Waals surface area (Å²) >= 11 is 6.26. The van der Waals surface area contributed by atoms with Crippen LogP contribution in [-0.2, 0) is 0 Å². The van der Waals surface area contributed by atoms with Crippen LogP contribution in [0.15, 0.2) is 59.4 Å². The Morgan fingerprint density at radius 3 is 2.72 bits per heavy atom. The summed E-state index contributed by atoms with van der Waals surface area (Å²) in [5.74, 6) is 0.383. The Balaban J connectivity index is 1.61. The number of benzene rings is 1. The van der Waals surface area contributed by atoms with Crippen LogP contribution < -0.4 is 5.32 Å². The summed E-state index contributed by atoms with van der Waals surface area (Å²) in [4.78, 5) is 25.6. The van der Waals surface area contributed by atoms with Gasteiger partial charge in [0.1, 0.15) is 16.9 Å². The van der Waals surface area contributed by atoms with Crippen LogP contribution in [0.4, 0.5) is 0 Å². The molecule has 0 fully saturated rings. The van der Waals surface area contributed by atoms with Crippen LogP contribution in [0.2, 0.25) is 5.15 Å². The molecule has 0 saturated carbocycles. The third kappa shape index (κ3) is 3.95. The van der Waals surface area contributed by atoms with Gasteiger partial charge < -0.3 is 9.84 Å². The number of nitrogens with zero attached hydrogens (tertiary/aromatic N) is 4. The molecule has 7 nitrogen and oxygen atoms in total. The highest BCUT2D eigenvalue weighted by Crippen LogP contribution is 2.25. The number of nitrogens with one attached hydrogen (secondary N) is 1. The number of pyridine rings is 2. The summed E-state index contributed by atoms with van der Waals surface area (Å²) in [7, 11) is 0. The summed E-state index contributed by atoms with van der Waals surface area (Å²) in [6.07, 6.45) is 3.32. The van der Waals surface area contributed by atoms with Crippen LogP contribution in [0.1, 0.15) is 36.3 Å². The molecule has 1 amide bonds. The lowest BCUT2D eigenvalue weighted by Crippen LogP contribution is -2.32. The summed E-state index contributed by atoms with van der Waals surface area (Å²) < 4.78 is 5.42. The number of halogens is 1. The molecule has 3 aromatic heterocycles. The molecule has 29 heavy (non-hydrogen) atoms. The van der Waals surface area contributed by atoms with Crippen molar-refractivity contribution >= 4 is 28.3 Å². The van der Waals surface area contributed by atoms with Crippen LogP contribution in [-0.4, -0.2) is 26.0 Å². The molecule has 0 bridgehead atoms. The van der Waals surface area contributed by atoms with E-state index in [2.05, 4.69) is 25.4 Å². The first-order chi connectivity index (χ1) is 14.0. The maximum absolute atomic E-state index is 12.9. The summed E-state index contributed by atoms with van der Waals surface area (Å²) in [5, 5.41) is 8.87. The Morgan fingerprint density at radius 1 is 1.14 bits per heavy atom. The molecule has 1 atom stereocenters. The number of fused-ring (bicyclic) bond motifs is 1. The molecule has 1 N–H and O–H groups in total. The summed E-state index contributed by atoms with van der Waals surface area (Å²) in [6.45, 7) is 3.92. The first kappa shape index (κ1) is 19.0. The van der Waals surface area contributed by atoms with Gasteiger partial charge in [-0.25, -0.2) is 4.98 Å². The zero-order valence-corrected chi connectivity index (χ0v) is 16.6. The average Bonchev–Trinajstić information content (AvgIpc) is 3.22. The summed E-state index contributed by atoms with van der Waals surface area (Å²) in [5.41, 5.74) is 0.964. The van der Waals surface area contributed by atoms with E-state index in [1.54, 1.807) is 24.5 Å². The number of amides is 1. The Labute approximate surface area is 172 Å². The highest BCUT2D eigenvalue weighted by Gasteiger charge is 2.26. The number of hydrogen-bond donors (Lipinski definition) is 1. The molecule has 1 unspecified atom stereocenters. The molecule has 0 aliphatic rings. The first-order valence-electron chi connectivity index (χ1n) is 9.13.